The average molecular weight is 1150 g/mol. The Hall–Kier alpha value is -2.44. The number of nitrogen functional groups attached to an aromatic ring is 1. The molecule has 4 saturated carbocycles. The van der Waals surface area contributed by atoms with Gasteiger partial charge in [-0.25, -0.2) is 28.6 Å². The number of amides is 2. The van der Waals surface area contributed by atoms with Crippen molar-refractivity contribution < 1.29 is 80.5 Å². The maximum atomic E-state index is 13.0. The van der Waals surface area contributed by atoms with Crippen LogP contribution in [0.15, 0.2) is 12.7 Å². The number of hydrogen-bond donors (Lipinski definition) is 9. The first kappa shape index (κ1) is 61.2. The van der Waals surface area contributed by atoms with E-state index in [0.29, 0.717) is 22.5 Å². The highest BCUT2D eigenvalue weighted by Crippen LogP contribution is 2.68. The van der Waals surface area contributed by atoms with Crippen LogP contribution in [-0.2, 0) is 50.7 Å². The molecule has 0 spiro atoms. The lowest BCUT2D eigenvalue weighted by Crippen LogP contribution is -2.53. The maximum Gasteiger partial charge on any atom is 0.481 e. The number of carbonyl (C=O) groups is 3. The van der Waals surface area contributed by atoms with Gasteiger partial charge in [0.2, 0.25) is 11.8 Å². The molecule has 24 nitrogen and oxygen atoms in total. The van der Waals surface area contributed by atoms with Crippen molar-refractivity contribution in [2.24, 2.45) is 57.7 Å². The van der Waals surface area contributed by atoms with Gasteiger partial charge in [0.15, 0.2) is 22.8 Å². The van der Waals surface area contributed by atoms with Crippen molar-refractivity contribution in [3.05, 3.63) is 12.7 Å². The number of carbonyl (C=O) groups excluding carboxylic acids is 3. The molecule has 1 aliphatic heterocycles. The second kappa shape index (κ2) is 24.7. The van der Waals surface area contributed by atoms with Crippen LogP contribution in [0.3, 0.4) is 0 Å². The predicted molar refractivity (Wildman–Crippen MR) is 279 cm³/mol. The number of phosphoric ester groups is 3. The van der Waals surface area contributed by atoms with Crippen LogP contribution in [0.25, 0.3) is 11.2 Å². The molecule has 0 radical (unpaired) electrons. The molecule has 2 aromatic rings. The fraction of sp³-hybridized carbons (Fsp3) is 0.833. The summed E-state index contributed by atoms with van der Waals surface area (Å²) in [4.78, 5) is 89.9. The van der Waals surface area contributed by atoms with E-state index >= 15 is 0 Å². The van der Waals surface area contributed by atoms with Crippen LogP contribution in [0.4, 0.5) is 5.82 Å². The van der Waals surface area contributed by atoms with Gasteiger partial charge in [-0.15, -0.1) is 0 Å². The summed E-state index contributed by atoms with van der Waals surface area (Å²) in [7, 11) is -16.4. The molecule has 430 valence electrons. The van der Waals surface area contributed by atoms with Crippen LogP contribution >= 0.6 is 35.2 Å². The summed E-state index contributed by atoms with van der Waals surface area (Å²) in [5.41, 5.74) is 5.29. The summed E-state index contributed by atoms with van der Waals surface area (Å²) in [6.07, 6.45) is 10.1. The van der Waals surface area contributed by atoms with Gasteiger partial charge < -0.3 is 50.9 Å². The van der Waals surface area contributed by atoms with E-state index < -0.39 is 84.6 Å². The summed E-state index contributed by atoms with van der Waals surface area (Å²) in [5, 5.41) is 27.0. The number of nitrogens with zero attached hydrogens (tertiary/aromatic N) is 4. The highest BCUT2D eigenvalue weighted by molar-refractivity contribution is 8.13. The normalized spacial score (nSPS) is 32.5. The number of hydrogen-bond acceptors (Lipinski definition) is 18. The molecule has 5 fully saturated rings. The largest absolute Gasteiger partial charge is 0.481 e. The molecule has 76 heavy (non-hydrogen) atoms. The molecular formula is C48H80N7O17P3S. The number of fused-ring (bicyclic) bond motifs is 6. The van der Waals surface area contributed by atoms with Crippen LogP contribution < -0.4 is 16.4 Å². The molecule has 7 rings (SSSR count). The van der Waals surface area contributed by atoms with Gasteiger partial charge in [-0.1, -0.05) is 79.0 Å². The van der Waals surface area contributed by atoms with E-state index in [2.05, 4.69) is 55.2 Å². The number of nitrogens with two attached hydrogens (primary N) is 1. The minimum absolute atomic E-state index is 0.0354. The number of rotatable bonds is 25. The van der Waals surface area contributed by atoms with Crippen LogP contribution in [0.2, 0.25) is 0 Å². The average Bonchev–Trinajstić information content (AvgIpc) is 4.03. The second-order valence-corrected chi connectivity index (χ2v) is 28.5. The molecular weight excluding hydrogens is 1070 g/mol. The van der Waals surface area contributed by atoms with Crippen LogP contribution in [0.1, 0.15) is 138 Å². The summed E-state index contributed by atoms with van der Waals surface area (Å²) >= 11 is 1.19. The van der Waals surface area contributed by atoms with Gasteiger partial charge >= 0.3 is 23.5 Å². The van der Waals surface area contributed by atoms with Gasteiger partial charge in [0, 0.05) is 36.6 Å². The molecule has 1 saturated heterocycles. The number of imidazole rings is 1. The van der Waals surface area contributed by atoms with E-state index in [9.17, 15) is 57.9 Å². The van der Waals surface area contributed by atoms with Gasteiger partial charge in [-0.05, 0) is 104 Å². The number of aliphatic hydroxyl groups excluding tert-OH is 2. The highest BCUT2D eigenvalue weighted by atomic mass is 32.2. The second-order valence-electron chi connectivity index (χ2n) is 23.2. The summed E-state index contributed by atoms with van der Waals surface area (Å²) < 4.78 is 62.8. The molecule has 5 aliphatic rings. The zero-order valence-electron chi connectivity index (χ0n) is 44.3. The van der Waals surface area contributed by atoms with Gasteiger partial charge in [-0.3, -0.25) is 32.5 Å². The zero-order valence-corrected chi connectivity index (χ0v) is 47.8. The van der Waals surface area contributed by atoms with Crippen molar-refractivity contribution in [3.8, 4) is 0 Å². The van der Waals surface area contributed by atoms with E-state index in [1.165, 1.54) is 89.8 Å². The molecule has 2 amide bonds. The lowest BCUT2D eigenvalue weighted by Gasteiger charge is -2.61. The topological polar surface area (TPSA) is 364 Å². The quantitative estimate of drug-likeness (QED) is 0.0397. The molecule has 28 heteroatoms. The first-order chi connectivity index (χ1) is 35.6. The van der Waals surface area contributed by atoms with E-state index in [0.717, 1.165) is 66.1 Å². The minimum atomic E-state index is -5.59. The Morgan fingerprint density at radius 1 is 0.921 bits per heavy atom. The predicted octanol–water partition coefficient (Wildman–Crippen LogP) is 6.16. The van der Waals surface area contributed by atoms with Gasteiger partial charge in [0.1, 0.15) is 36.3 Å². The van der Waals surface area contributed by atoms with E-state index in [1.54, 1.807) is 0 Å². The van der Waals surface area contributed by atoms with Gasteiger partial charge in [0.25, 0.3) is 0 Å². The molecule has 4 aliphatic carbocycles. The monoisotopic (exact) mass is 1150 g/mol. The third kappa shape index (κ3) is 14.4. The number of thioether (sulfide) groups is 1. The Morgan fingerprint density at radius 2 is 1.64 bits per heavy atom. The third-order valence-electron chi connectivity index (χ3n) is 17.8. The number of nitrogens with one attached hydrogen (secondary N) is 2. The van der Waals surface area contributed by atoms with Crippen molar-refractivity contribution in [3.63, 3.8) is 0 Å². The zero-order chi connectivity index (χ0) is 55.6. The summed E-state index contributed by atoms with van der Waals surface area (Å²) in [6, 6.07) is 0. The SMILES string of the molecule is CC(CCC[C@@H](C)[C@H]1CC[C@H]2[C@@H]3CCC4CCCC[C@]4(C)[C@H]3CC[C@]12C)C(=O)SCCNC(=O)CCNC(=O)[C@H](O)C(C)(C)COP(=O)(O)OP(=O)(O)OC[C@H]1O[C@@H](n2cnc3c(N)ncnc32)[C@H](O)[C@@H]1OP(=O)(O)O. The molecule has 10 N–H and O–H groups in total. The molecule has 16 atom stereocenters. The highest BCUT2D eigenvalue weighted by Gasteiger charge is 2.60. The molecule has 2 aromatic heterocycles. The fourth-order valence-electron chi connectivity index (χ4n) is 13.8. The maximum absolute atomic E-state index is 13.0. The molecule has 0 aromatic carbocycles. The van der Waals surface area contributed by atoms with Crippen molar-refractivity contribution >= 4 is 69.1 Å². The minimum Gasteiger partial charge on any atom is -0.386 e. The number of anilines is 1. The van der Waals surface area contributed by atoms with E-state index in [4.69, 9.17) is 19.5 Å². The van der Waals surface area contributed by atoms with E-state index in [1.807, 2.05) is 6.92 Å². The summed E-state index contributed by atoms with van der Waals surface area (Å²) in [6.45, 7) is 10.3. The van der Waals surface area contributed by atoms with Gasteiger partial charge in [0.05, 0.1) is 19.5 Å². The number of aliphatic hydroxyl groups is 2. The van der Waals surface area contributed by atoms with E-state index in [-0.39, 0.29) is 47.5 Å². The Bertz CT molecular complexity index is 2520. The fourth-order valence-corrected chi connectivity index (χ4v) is 17.4. The number of aromatic nitrogens is 4. The Morgan fingerprint density at radius 3 is 2.38 bits per heavy atom. The first-order valence-corrected chi connectivity index (χ1v) is 32.1. The lowest BCUT2D eigenvalue weighted by atomic mass is 9.44. The Kier molecular flexibility index (Phi) is 19.9. The molecule has 0 bridgehead atoms. The van der Waals surface area contributed by atoms with Crippen molar-refractivity contribution in [2.75, 3.05) is 37.8 Å². The standard InChI is InChI=1S/C48H80N7O17P3S/c1-28(32-15-16-33-31-14-13-30-12-7-8-19-47(30,5)34(31)17-20-48(32,33)6)10-9-11-29(2)45(60)76-23-22-50-36(56)18-21-51-43(59)40(58)46(3,4)25-69-75(66,67)72-74(64,65)68-24-35-39(71-73(61,62)63)38(57)44(70-35)55-27-54-37-41(49)52-26-53-42(37)55/h26-35,38-40,44,57-58H,7-25H2,1-6H3,(H,50,56)(H,51,59)(H,64,65)(H,66,67)(H2,49,52,53)(H2,61,62,63)/t28-,29?,30?,31+,32-,33+,34+,35-,38-,39-,40+,44-,47+,48-/m1/s1. The van der Waals surface area contributed by atoms with Crippen molar-refractivity contribution in [2.45, 2.75) is 162 Å². The number of ether oxygens (including phenoxy) is 1. The van der Waals surface area contributed by atoms with Crippen LogP contribution in [0.5, 0.6) is 0 Å². The van der Waals surface area contributed by atoms with Crippen LogP contribution in [-0.4, -0.2) is 123 Å². The van der Waals surface area contributed by atoms with Crippen LogP contribution in [0, 0.1) is 57.7 Å². The molecule has 4 unspecified atom stereocenters. The smallest absolute Gasteiger partial charge is 0.386 e. The first-order valence-electron chi connectivity index (χ1n) is 26.6. The van der Waals surface area contributed by atoms with Gasteiger partial charge in [-0.2, -0.15) is 4.31 Å². The Balaban J connectivity index is 0.761. The third-order valence-corrected chi connectivity index (χ3v) is 22.0. The Labute approximate surface area is 448 Å². The summed E-state index contributed by atoms with van der Waals surface area (Å²) in [5.74, 6) is 3.87. The van der Waals surface area contributed by atoms with Crippen molar-refractivity contribution in [1.82, 2.24) is 30.2 Å². The molecule has 3 heterocycles. The lowest BCUT2D eigenvalue weighted by molar-refractivity contribution is -0.137. The number of phosphoric acid groups is 3. The van der Waals surface area contributed by atoms with Crippen molar-refractivity contribution in [1.29, 1.82) is 0 Å².